The van der Waals surface area contributed by atoms with Crippen LogP contribution in [0.3, 0.4) is 0 Å². The van der Waals surface area contributed by atoms with Crippen LogP contribution in [0.25, 0.3) is 0 Å². The van der Waals surface area contributed by atoms with E-state index in [1.807, 2.05) is 27.7 Å². The SMILES string of the molecule is CCOC(CNC(=O)CC(C)C)OCC. The highest BCUT2D eigenvalue weighted by molar-refractivity contribution is 5.76. The van der Waals surface area contributed by atoms with Crippen molar-refractivity contribution in [2.75, 3.05) is 19.8 Å². The van der Waals surface area contributed by atoms with Crippen LogP contribution in [0.2, 0.25) is 0 Å². The van der Waals surface area contributed by atoms with Crippen molar-refractivity contribution in [2.24, 2.45) is 5.92 Å². The molecule has 0 aromatic carbocycles. The van der Waals surface area contributed by atoms with Gasteiger partial charge in [0.1, 0.15) is 0 Å². The molecule has 0 spiro atoms. The summed E-state index contributed by atoms with van der Waals surface area (Å²) in [6.07, 6.45) is 0.224. The highest BCUT2D eigenvalue weighted by atomic mass is 16.7. The van der Waals surface area contributed by atoms with E-state index < -0.39 is 0 Å². The lowest BCUT2D eigenvalue weighted by atomic mass is 10.1. The standard InChI is InChI=1S/C11H23NO3/c1-5-14-11(15-6-2)8-12-10(13)7-9(3)4/h9,11H,5-8H2,1-4H3,(H,12,13). The smallest absolute Gasteiger partial charge is 0.220 e. The maximum Gasteiger partial charge on any atom is 0.220 e. The molecule has 0 bridgehead atoms. The zero-order valence-corrected chi connectivity index (χ0v) is 10.2. The van der Waals surface area contributed by atoms with Gasteiger partial charge in [0, 0.05) is 19.6 Å². The first-order valence-electron chi connectivity index (χ1n) is 5.60. The summed E-state index contributed by atoms with van der Waals surface area (Å²) in [4.78, 5) is 11.3. The molecule has 0 fully saturated rings. The maximum absolute atomic E-state index is 11.3. The first-order valence-corrected chi connectivity index (χ1v) is 5.60. The monoisotopic (exact) mass is 217 g/mol. The molecule has 0 unspecified atom stereocenters. The summed E-state index contributed by atoms with van der Waals surface area (Å²) in [6, 6.07) is 0. The quantitative estimate of drug-likeness (QED) is 0.627. The summed E-state index contributed by atoms with van der Waals surface area (Å²) in [7, 11) is 0. The Hall–Kier alpha value is -0.610. The fourth-order valence-corrected chi connectivity index (χ4v) is 1.18. The van der Waals surface area contributed by atoms with Gasteiger partial charge in [-0.3, -0.25) is 4.79 Å². The average molecular weight is 217 g/mol. The number of ether oxygens (including phenoxy) is 2. The highest BCUT2D eigenvalue weighted by Gasteiger charge is 2.10. The van der Waals surface area contributed by atoms with Gasteiger partial charge in [0.15, 0.2) is 6.29 Å². The second-order valence-corrected chi connectivity index (χ2v) is 3.74. The van der Waals surface area contributed by atoms with Crippen LogP contribution in [0.1, 0.15) is 34.1 Å². The molecule has 4 heteroatoms. The van der Waals surface area contributed by atoms with Gasteiger partial charge in [0.05, 0.1) is 6.54 Å². The molecule has 1 amide bonds. The van der Waals surface area contributed by atoms with E-state index in [-0.39, 0.29) is 12.2 Å². The Kier molecular flexibility index (Phi) is 8.33. The third-order valence-electron chi connectivity index (χ3n) is 1.76. The molecule has 15 heavy (non-hydrogen) atoms. The van der Waals surface area contributed by atoms with Gasteiger partial charge in [-0.1, -0.05) is 13.8 Å². The molecule has 0 atom stereocenters. The van der Waals surface area contributed by atoms with E-state index >= 15 is 0 Å². The van der Waals surface area contributed by atoms with E-state index in [9.17, 15) is 4.79 Å². The number of carbonyl (C=O) groups excluding carboxylic acids is 1. The molecule has 4 nitrogen and oxygen atoms in total. The summed E-state index contributed by atoms with van der Waals surface area (Å²) in [6.45, 7) is 9.44. The normalized spacial score (nSPS) is 11.1. The largest absolute Gasteiger partial charge is 0.351 e. The Morgan fingerprint density at radius 2 is 1.73 bits per heavy atom. The summed E-state index contributed by atoms with van der Waals surface area (Å²) < 4.78 is 10.6. The van der Waals surface area contributed by atoms with E-state index in [2.05, 4.69) is 5.32 Å². The molecule has 0 aromatic heterocycles. The molecule has 0 aliphatic heterocycles. The van der Waals surface area contributed by atoms with Crippen molar-refractivity contribution < 1.29 is 14.3 Å². The highest BCUT2D eigenvalue weighted by Crippen LogP contribution is 1.99. The Morgan fingerprint density at radius 3 is 2.13 bits per heavy atom. The van der Waals surface area contributed by atoms with E-state index in [4.69, 9.17) is 9.47 Å². The lowest BCUT2D eigenvalue weighted by Gasteiger charge is -2.17. The van der Waals surface area contributed by atoms with Crippen LogP contribution < -0.4 is 5.32 Å². The average Bonchev–Trinajstić information content (AvgIpc) is 2.14. The number of hydrogen-bond donors (Lipinski definition) is 1. The second-order valence-electron chi connectivity index (χ2n) is 3.74. The number of nitrogens with one attached hydrogen (secondary N) is 1. The van der Waals surface area contributed by atoms with Gasteiger partial charge in [0.2, 0.25) is 5.91 Å². The Balaban J connectivity index is 3.72. The minimum absolute atomic E-state index is 0.0504. The minimum Gasteiger partial charge on any atom is -0.351 e. The van der Waals surface area contributed by atoms with Crippen LogP contribution in [-0.2, 0) is 14.3 Å². The van der Waals surface area contributed by atoms with Crippen LogP contribution in [0.15, 0.2) is 0 Å². The van der Waals surface area contributed by atoms with Crippen molar-refractivity contribution in [1.29, 1.82) is 0 Å². The van der Waals surface area contributed by atoms with Gasteiger partial charge >= 0.3 is 0 Å². The summed E-state index contributed by atoms with van der Waals surface area (Å²) in [5.41, 5.74) is 0. The molecule has 0 rings (SSSR count). The zero-order valence-electron chi connectivity index (χ0n) is 10.2. The lowest BCUT2D eigenvalue weighted by Crippen LogP contribution is -2.35. The maximum atomic E-state index is 11.3. The van der Waals surface area contributed by atoms with Crippen molar-refractivity contribution in [3.8, 4) is 0 Å². The number of rotatable bonds is 8. The van der Waals surface area contributed by atoms with Crippen molar-refractivity contribution in [1.82, 2.24) is 5.32 Å². The van der Waals surface area contributed by atoms with Gasteiger partial charge in [-0.2, -0.15) is 0 Å². The molecule has 0 aromatic rings. The zero-order chi connectivity index (χ0) is 11.7. The summed E-state index contributed by atoms with van der Waals surface area (Å²) >= 11 is 0. The van der Waals surface area contributed by atoms with Gasteiger partial charge in [0.25, 0.3) is 0 Å². The van der Waals surface area contributed by atoms with Crippen molar-refractivity contribution in [2.45, 2.75) is 40.4 Å². The van der Waals surface area contributed by atoms with Crippen LogP contribution in [-0.4, -0.2) is 32.0 Å². The fraction of sp³-hybridized carbons (Fsp3) is 0.909. The van der Waals surface area contributed by atoms with Gasteiger partial charge < -0.3 is 14.8 Å². The van der Waals surface area contributed by atoms with Crippen molar-refractivity contribution >= 4 is 5.91 Å². The van der Waals surface area contributed by atoms with E-state index in [0.717, 1.165) is 0 Å². The van der Waals surface area contributed by atoms with E-state index in [1.54, 1.807) is 0 Å². The third-order valence-corrected chi connectivity index (χ3v) is 1.76. The number of hydrogen-bond acceptors (Lipinski definition) is 3. The molecule has 0 saturated heterocycles. The van der Waals surface area contributed by atoms with Crippen LogP contribution in [0.4, 0.5) is 0 Å². The number of carbonyl (C=O) groups is 1. The summed E-state index contributed by atoms with van der Waals surface area (Å²) in [5.74, 6) is 0.428. The Morgan fingerprint density at radius 1 is 1.20 bits per heavy atom. The second kappa shape index (κ2) is 8.68. The first-order chi connectivity index (χ1) is 7.10. The predicted octanol–water partition coefficient (Wildman–Crippen LogP) is 1.55. The molecule has 1 N–H and O–H groups in total. The van der Waals surface area contributed by atoms with E-state index in [1.165, 1.54) is 0 Å². The molecule has 90 valence electrons. The molecule has 0 aliphatic carbocycles. The molecule has 0 heterocycles. The minimum atomic E-state index is -0.323. The van der Waals surface area contributed by atoms with E-state index in [0.29, 0.717) is 32.1 Å². The van der Waals surface area contributed by atoms with Crippen molar-refractivity contribution in [3.05, 3.63) is 0 Å². The molecule has 0 saturated carbocycles. The lowest BCUT2D eigenvalue weighted by molar-refractivity contribution is -0.140. The van der Waals surface area contributed by atoms with Crippen LogP contribution >= 0.6 is 0 Å². The molecule has 0 radical (unpaired) electrons. The molecule has 0 aliphatic rings. The van der Waals surface area contributed by atoms with Crippen LogP contribution in [0.5, 0.6) is 0 Å². The molecular formula is C11H23NO3. The predicted molar refractivity (Wildman–Crippen MR) is 59.5 cm³/mol. The Bertz CT molecular complexity index is 165. The topological polar surface area (TPSA) is 47.6 Å². The van der Waals surface area contributed by atoms with Gasteiger partial charge in [-0.15, -0.1) is 0 Å². The summed E-state index contributed by atoms with van der Waals surface area (Å²) in [5, 5.41) is 2.79. The van der Waals surface area contributed by atoms with Gasteiger partial charge in [-0.05, 0) is 19.8 Å². The fourth-order valence-electron chi connectivity index (χ4n) is 1.18. The number of amides is 1. The van der Waals surface area contributed by atoms with Crippen LogP contribution in [0, 0.1) is 5.92 Å². The van der Waals surface area contributed by atoms with Crippen molar-refractivity contribution in [3.63, 3.8) is 0 Å². The molecular weight excluding hydrogens is 194 g/mol. The first kappa shape index (κ1) is 14.4. The van der Waals surface area contributed by atoms with Gasteiger partial charge in [-0.25, -0.2) is 0 Å². The third kappa shape index (κ3) is 8.39. The Labute approximate surface area is 92.3 Å².